The quantitative estimate of drug-likeness (QED) is 0.341. The highest BCUT2D eigenvalue weighted by Crippen LogP contribution is 2.42. The molecule has 0 saturated carbocycles. The van der Waals surface area contributed by atoms with Crippen molar-refractivity contribution >= 4 is 33.6 Å². The Morgan fingerprint density at radius 2 is 1.21 bits per heavy atom. The fourth-order valence-corrected chi connectivity index (χ4v) is 4.70. The first-order valence-corrected chi connectivity index (χ1v) is 11.1. The molecule has 162 valence electrons. The van der Waals surface area contributed by atoms with Crippen LogP contribution in [0.15, 0.2) is 114 Å². The van der Waals surface area contributed by atoms with Gasteiger partial charge in [0.25, 0.3) is 5.56 Å². The van der Waals surface area contributed by atoms with Gasteiger partial charge in [-0.05, 0) is 23.8 Å². The number of allylic oxidation sites excluding steroid dienone is 1. The molecule has 6 rings (SSSR count). The molecule has 5 aromatic rings. The maximum Gasteiger partial charge on any atom is 0.257 e. The van der Waals surface area contributed by atoms with Gasteiger partial charge in [-0.2, -0.15) is 0 Å². The number of para-hydroxylation sites is 2. The van der Waals surface area contributed by atoms with Crippen LogP contribution in [0.25, 0.3) is 33.3 Å². The van der Waals surface area contributed by atoms with Gasteiger partial charge in [0.1, 0.15) is 0 Å². The summed E-state index contributed by atoms with van der Waals surface area (Å²) in [7, 11) is 0. The number of fused-ring (bicyclic) bond motifs is 2. The lowest BCUT2D eigenvalue weighted by Gasteiger charge is -2.16. The van der Waals surface area contributed by atoms with Crippen molar-refractivity contribution in [2.75, 3.05) is 5.32 Å². The number of hydrogen-bond acceptors (Lipinski definition) is 3. The van der Waals surface area contributed by atoms with E-state index in [4.69, 9.17) is 0 Å². The highest BCUT2D eigenvalue weighted by molar-refractivity contribution is 6.41. The van der Waals surface area contributed by atoms with Crippen molar-refractivity contribution in [1.29, 1.82) is 0 Å². The van der Waals surface area contributed by atoms with Crippen molar-refractivity contribution in [3.05, 3.63) is 136 Å². The van der Waals surface area contributed by atoms with E-state index < -0.39 is 0 Å². The van der Waals surface area contributed by atoms with Crippen LogP contribution in [0.1, 0.15) is 21.5 Å². The molecule has 0 unspecified atom stereocenters. The zero-order chi connectivity index (χ0) is 23.1. The van der Waals surface area contributed by atoms with Crippen molar-refractivity contribution in [3.8, 4) is 11.1 Å². The number of hydrogen-bond donors (Lipinski definition) is 2. The summed E-state index contributed by atoms with van der Waals surface area (Å²) in [4.78, 5) is 30.5. The lowest BCUT2D eigenvalue weighted by molar-refractivity contribution is 0.105. The van der Waals surface area contributed by atoms with Crippen molar-refractivity contribution in [2.24, 2.45) is 0 Å². The lowest BCUT2D eigenvalue weighted by atomic mass is 9.90. The smallest absolute Gasteiger partial charge is 0.257 e. The normalized spacial score (nSPS) is 12.8. The van der Waals surface area contributed by atoms with Crippen molar-refractivity contribution in [1.82, 2.24) is 4.98 Å². The first-order valence-electron chi connectivity index (χ1n) is 11.1. The molecule has 0 radical (unpaired) electrons. The maximum atomic E-state index is 13.8. The van der Waals surface area contributed by atoms with Gasteiger partial charge in [0.2, 0.25) is 0 Å². The van der Waals surface area contributed by atoms with Gasteiger partial charge < -0.3 is 10.3 Å². The molecule has 0 amide bonds. The predicted octanol–water partition coefficient (Wildman–Crippen LogP) is 6.37. The Hall–Kier alpha value is -4.70. The van der Waals surface area contributed by atoms with E-state index in [2.05, 4.69) is 10.3 Å². The molecule has 34 heavy (non-hydrogen) atoms. The summed E-state index contributed by atoms with van der Waals surface area (Å²) in [6, 6.07) is 34.7. The molecule has 0 bridgehead atoms. The number of carbonyl (C=O) groups excluding carboxylic acids is 1. The molecule has 0 aliphatic heterocycles. The van der Waals surface area contributed by atoms with Crippen LogP contribution in [0.4, 0.5) is 5.69 Å². The van der Waals surface area contributed by atoms with Gasteiger partial charge in [-0.3, -0.25) is 9.59 Å². The van der Waals surface area contributed by atoms with E-state index in [1.54, 1.807) is 0 Å². The number of aromatic amines is 1. The monoisotopic (exact) mass is 440 g/mol. The van der Waals surface area contributed by atoms with Crippen molar-refractivity contribution < 1.29 is 4.79 Å². The number of aromatic nitrogens is 1. The summed E-state index contributed by atoms with van der Waals surface area (Å²) < 4.78 is 0. The van der Waals surface area contributed by atoms with Gasteiger partial charge in [-0.1, -0.05) is 91.0 Å². The number of nitrogens with one attached hydrogen (secondary N) is 2. The molecule has 1 heterocycles. The summed E-state index contributed by atoms with van der Waals surface area (Å²) in [6.07, 6.45) is 0. The zero-order valence-electron chi connectivity index (χ0n) is 18.2. The van der Waals surface area contributed by atoms with E-state index in [0.717, 1.165) is 33.3 Å². The summed E-state index contributed by atoms with van der Waals surface area (Å²) in [5.74, 6) is -0.160. The van der Waals surface area contributed by atoms with Gasteiger partial charge in [0, 0.05) is 33.3 Å². The van der Waals surface area contributed by atoms with Crippen LogP contribution >= 0.6 is 0 Å². The van der Waals surface area contributed by atoms with Gasteiger partial charge in [0.15, 0.2) is 5.78 Å². The lowest BCUT2D eigenvalue weighted by Crippen LogP contribution is -2.17. The Balaban J connectivity index is 1.72. The molecular weight excluding hydrogens is 420 g/mol. The number of benzene rings is 4. The largest absolute Gasteiger partial charge is 0.354 e. The first-order chi connectivity index (χ1) is 16.7. The minimum absolute atomic E-state index is 0.160. The van der Waals surface area contributed by atoms with Crippen molar-refractivity contribution in [2.45, 2.75) is 0 Å². The molecule has 0 fully saturated rings. The minimum Gasteiger partial charge on any atom is -0.354 e. The Morgan fingerprint density at radius 3 is 1.97 bits per heavy atom. The molecular formula is C30H20N2O2. The second-order valence-corrected chi connectivity index (χ2v) is 8.23. The Morgan fingerprint density at radius 1 is 0.588 bits per heavy atom. The number of ketones is 1. The van der Waals surface area contributed by atoms with E-state index in [1.807, 2.05) is 109 Å². The third-order valence-corrected chi connectivity index (χ3v) is 6.20. The molecule has 0 atom stereocenters. The fourth-order valence-electron chi connectivity index (χ4n) is 4.70. The van der Waals surface area contributed by atoms with E-state index in [9.17, 15) is 9.59 Å². The average molecular weight is 441 g/mol. The third kappa shape index (κ3) is 3.16. The second-order valence-electron chi connectivity index (χ2n) is 8.23. The molecule has 4 heteroatoms. The zero-order valence-corrected chi connectivity index (χ0v) is 18.2. The predicted molar refractivity (Wildman–Crippen MR) is 138 cm³/mol. The van der Waals surface area contributed by atoms with Crippen LogP contribution in [0, 0.1) is 0 Å². The topological polar surface area (TPSA) is 62.0 Å². The second kappa shape index (κ2) is 8.01. The van der Waals surface area contributed by atoms with E-state index in [0.29, 0.717) is 22.4 Å². The summed E-state index contributed by atoms with van der Waals surface area (Å²) in [5, 5.41) is 4.32. The SMILES string of the molecule is O=C1C(c2c(-c3ccccc3)c3ccccc3[nH]c2=O)=C(Nc2ccccc2)c2ccccc21. The fraction of sp³-hybridized carbons (Fsp3) is 0. The van der Waals surface area contributed by atoms with Crippen LogP contribution in [-0.4, -0.2) is 10.8 Å². The van der Waals surface area contributed by atoms with Crippen LogP contribution in [0.2, 0.25) is 0 Å². The van der Waals surface area contributed by atoms with Gasteiger partial charge >= 0.3 is 0 Å². The number of pyridine rings is 1. The molecule has 1 aliphatic carbocycles. The van der Waals surface area contributed by atoms with Gasteiger partial charge in [-0.15, -0.1) is 0 Å². The highest BCUT2D eigenvalue weighted by atomic mass is 16.1. The summed E-state index contributed by atoms with van der Waals surface area (Å²) >= 11 is 0. The number of Topliss-reactive ketones (excluding diaryl/α,β-unsaturated/α-hetero) is 1. The van der Waals surface area contributed by atoms with Crippen LogP contribution in [0.5, 0.6) is 0 Å². The first kappa shape index (κ1) is 19.9. The average Bonchev–Trinajstić information content (AvgIpc) is 3.15. The third-order valence-electron chi connectivity index (χ3n) is 6.20. The maximum absolute atomic E-state index is 13.8. The van der Waals surface area contributed by atoms with Gasteiger partial charge in [0.05, 0.1) is 16.8 Å². The Labute approximate surface area is 196 Å². The molecule has 1 aromatic heterocycles. The highest BCUT2D eigenvalue weighted by Gasteiger charge is 2.34. The number of anilines is 1. The summed E-state index contributed by atoms with van der Waals surface area (Å²) in [5.41, 5.74) is 5.71. The van der Waals surface area contributed by atoms with Crippen molar-refractivity contribution in [3.63, 3.8) is 0 Å². The molecule has 0 saturated heterocycles. The standard InChI is InChI=1S/C30H20N2O2/c33-29-22-16-8-7-15-21(22)28(31-20-13-5-2-6-14-20)27(29)26-25(19-11-3-1-4-12-19)23-17-9-10-18-24(23)32-30(26)34/h1-18,31H,(H,32,34). The minimum atomic E-state index is -0.291. The van der Waals surface area contributed by atoms with Crippen LogP contribution in [-0.2, 0) is 0 Å². The molecule has 0 spiro atoms. The van der Waals surface area contributed by atoms with Gasteiger partial charge in [-0.25, -0.2) is 0 Å². The number of rotatable bonds is 4. The number of H-pyrrole nitrogens is 1. The Kier molecular flexibility index (Phi) is 4.70. The molecule has 2 N–H and O–H groups in total. The van der Waals surface area contributed by atoms with E-state index in [1.165, 1.54) is 0 Å². The molecule has 4 aromatic carbocycles. The molecule has 4 nitrogen and oxygen atoms in total. The van der Waals surface area contributed by atoms with E-state index in [-0.39, 0.29) is 11.3 Å². The van der Waals surface area contributed by atoms with E-state index >= 15 is 0 Å². The molecule has 1 aliphatic rings. The summed E-state index contributed by atoms with van der Waals surface area (Å²) in [6.45, 7) is 0. The Bertz CT molecular complexity index is 1650. The van der Waals surface area contributed by atoms with Crippen LogP contribution < -0.4 is 10.9 Å². The number of carbonyl (C=O) groups is 1. The van der Waals surface area contributed by atoms with Crippen LogP contribution in [0.3, 0.4) is 0 Å².